The molecule has 1 atom stereocenters. The Kier molecular flexibility index (Phi) is 3.71. The lowest BCUT2D eigenvalue weighted by molar-refractivity contribution is 0.558. The van der Waals surface area contributed by atoms with E-state index < -0.39 is 0 Å². The standard InChI is InChI=1S/C10H17N3/c1-4-6-10(11-5-2)9-7-12-13(3)8-9/h4,7-8,10-11H,1,5-6H2,2-3H3. The van der Waals surface area contributed by atoms with Gasteiger partial charge in [-0.1, -0.05) is 13.0 Å². The molecule has 1 heterocycles. The summed E-state index contributed by atoms with van der Waals surface area (Å²) in [4.78, 5) is 0. The van der Waals surface area contributed by atoms with Gasteiger partial charge >= 0.3 is 0 Å². The Morgan fingerprint density at radius 3 is 3.00 bits per heavy atom. The first-order valence-electron chi connectivity index (χ1n) is 4.60. The first-order valence-corrected chi connectivity index (χ1v) is 4.60. The van der Waals surface area contributed by atoms with E-state index in [4.69, 9.17) is 0 Å². The Bertz CT molecular complexity index is 265. The largest absolute Gasteiger partial charge is 0.310 e. The first kappa shape index (κ1) is 9.99. The molecule has 0 aliphatic rings. The van der Waals surface area contributed by atoms with E-state index in [1.54, 1.807) is 0 Å². The van der Waals surface area contributed by atoms with Gasteiger partial charge in [-0.25, -0.2) is 0 Å². The number of aromatic nitrogens is 2. The van der Waals surface area contributed by atoms with Crippen molar-refractivity contribution in [2.75, 3.05) is 6.54 Å². The first-order chi connectivity index (χ1) is 6.27. The van der Waals surface area contributed by atoms with E-state index in [9.17, 15) is 0 Å². The van der Waals surface area contributed by atoms with E-state index in [2.05, 4.69) is 23.9 Å². The zero-order chi connectivity index (χ0) is 9.68. The second-order valence-corrected chi connectivity index (χ2v) is 3.08. The third kappa shape index (κ3) is 2.70. The van der Waals surface area contributed by atoms with Crippen LogP contribution < -0.4 is 5.32 Å². The fraction of sp³-hybridized carbons (Fsp3) is 0.500. The predicted octanol–water partition coefficient (Wildman–Crippen LogP) is 1.65. The summed E-state index contributed by atoms with van der Waals surface area (Å²) >= 11 is 0. The minimum absolute atomic E-state index is 0.358. The molecule has 0 aromatic carbocycles. The summed E-state index contributed by atoms with van der Waals surface area (Å²) in [6.45, 7) is 6.82. The SMILES string of the molecule is C=CCC(NCC)c1cnn(C)c1. The molecule has 72 valence electrons. The number of nitrogens with one attached hydrogen (secondary N) is 1. The van der Waals surface area contributed by atoms with Crippen molar-refractivity contribution in [2.24, 2.45) is 7.05 Å². The van der Waals surface area contributed by atoms with Crippen LogP contribution in [0.2, 0.25) is 0 Å². The maximum Gasteiger partial charge on any atom is 0.0537 e. The third-order valence-electron chi connectivity index (χ3n) is 1.98. The molecule has 1 aromatic rings. The van der Waals surface area contributed by atoms with Crippen molar-refractivity contribution in [2.45, 2.75) is 19.4 Å². The number of aryl methyl sites for hydroxylation is 1. The maximum absolute atomic E-state index is 4.14. The molecule has 0 aliphatic carbocycles. The van der Waals surface area contributed by atoms with Crippen LogP contribution >= 0.6 is 0 Å². The Balaban J connectivity index is 2.68. The van der Waals surface area contributed by atoms with E-state index in [1.165, 1.54) is 5.56 Å². The van der Waals surface area contributed by atoms with Crippen LogP contribution in [0.1, 0.15) is 24.9 Å². The predicted molar refractivity (Wildman–Crippen MR) is 54.4 cm³/mol. The Morgan fingerprint density at radius 1 is 1.77 bits per heavy atom. The van der Waals surface area contributed by atoms with Gasteiger partial charge in [0, 0.05) is 24.8 Å². The molecule has 0 amide bonds. The second-order valence-electron chi connectivity index (χ2n) is 3.08. The molecular formula is C10H17N3. The van der Waals surface area contributed by atoms with Crippen molar-refractivity contribution in [3.8, 4) is 0 Å². The Hall–Kier alpha value is -1.09. The number of hydrogen-bond acceptors (Lipinski definition) is 2. The monoisotopic (exact) mass is 179 g/mol. The lowest BCUT2D eigenvalue weighted by atomic mass is 10.1. The van der Waals surface area contributed by atoms with E-state index in [0.29, 0.717) is 6.04 Å². The summed E-state index contributed by atoms with van der Waals surface area (Å²) in [6.07, 6.45) is 6.81. The third-order valence-corrected chi connectivity index (χ3v) is 1.98. The van der Waals surface area contributed by atoms with Crippen LogP contribution in [0.5, 0.6) is 0 Å². The highest BCUT2D eigenvalue weighted by molar-refractivity contribution is 5.11. The van der Waals surface area contributed by atoms with Gasteiger partial charge in [-0.15, -0.1) is 6.58 Å². The maximum atomic E-state index is 4.14. The van der Waals surface area contributed by atoms with Gasteiger partial charge in [-0.2, -0.15) is 5.10 Å². The summed E-state index contributed by atoms with van der Waals surface area (Å²) in [5.74, 6) is 0. The molecule has 1 unspecified atom stereocenters. The Labute approximate surface area is 79.5 Å². The normalized spacial score (nSPS) is 12.8. The van der Waals surface area contributed by atoms with Crippen molar-refractivity contribution in [1.29, 1.82) is 0 Å². The minimum atomic E-state index is 0.358. The molecule has 1 N–H and O–H groups in total. The zero-order valence-corrected chi connectivity index (χ0v) is 8.33. The smallest absolute Gasteiger partial charge is 0.0537 e. The molecule has 0 fully saturated rings. The fourth-order valence-corrected chi connectivity index (χ4v) is 1.37. The van der Waals surface area contributed by atoms with Crippen LogP contribution in [-0.4, -0.2) is 16.3 Å². The molecule has 1 rings (SSSR count). The molecule has 0 saturated carbocycles. The average Bonchev–Trinajstić information content (AvgIpc) is 2.51. The molecule has 0 spiro atoms. The van der Waals surface area contributed by atoms with Gasteiger partial charge < -0.3 is 5.32 Å². The van der Waals surface area contributed by atoms with Crippen molar-refractivity contribution < 1.29 is 0 Å². The van der Waals surface area contributed by atoms with Gasteiger partial charge in [-0.05, 0) is 13.0 Å². The number of rotatable bonds is 5. The molecule has 1 aromatic heterocycles. The van der Waals surface area contributed by atoms with E-state index in [1.807, 2.05) is 30.2 Å². The van der Waals surface area contributed by atoms with Crippen LogP contribution in [-0.2, 0) is 7.05 Å². The quantitative estimate of drug-likeness (QED) is 0.696. The van der Waals surface area contributed by atoms with Crippen LogP contribution in [0.25, 0.3) is 0 Å². The summed E-state index contributed by atoms with van der Waals surface area (Å²) < 4.78 is 1.82. The molecular weight excluding hydrogens is 162 g/mol. The van der Waals surface area contributed by atoms with Gasteiger partial charge in [0.2, 0.25) is 0 Å². The highest BCUT2D eigenvalue weighted by atomic mass is 15.2. The van der Waals surface area contributed by atoms with Crippen molar-refractivity contribution >= 4 is 0 Å². The van der Waals surface area contributed by atoms with Gasteiger partial charge in [0.05, 0.1) is 6.20 Å². The van der Waals surface area contributed by atoms with Crippen LogP contribution in [0, 0.1) is 0 Å². The average molecular weight is 179 g/mol. The van der Waals surface area contributed by atoms with E-state index >= 15 is 0 Å². The lowest BCUT2D eigenvalue weighted by Gasteiger charge is -2.13. The Morgan fingerprint density at radius 2 is 2.54 bits per heavy atom. The van der Waals surface area contributed by atoms with E-state index in [0.717, 1.165) is 13.0 Å². The number of hydrogen-bond donors (Lipinski definition) is 1. The van der Waals surface area contributed by atoms with Crippen molar-refractivity contribution in [3.05, 3.63) is 30.6 Å². The molecule has 0 bridgehead atoms. The zero-order valence-electron chi connectivity index (χ0n) is 8.33. The summed E-state index contributed by atoms with van der Waals surface area (Å²) in [5.41, 5.74) is 1.23. The minimum Gasteiger partial charge on any atom is -0.310 e. The molecule has 13 heavy (non-hydrogen) atoms. The topological polar surface area (TPSA) is 29.9 Å². The highest BCUT2D eigenvalue weighted by Gasteiger charge is 2.09. The van der Waals surface area contributed by atoms with Gasteiger partial charge in [0.15, 0.2) is 0 Å². The van der Waals surface area contributed by atoms with Crippen LogP contribution in [0.15, 0.2) is 25.0 Å². The molecule has 0 radical (unpaired) electrons. The lowest BCUT2D eigenvalue weighted by Crippen LogP contribution is -2.19. The summed E-state index contributed by atoms with van der Waals surface area (Å²) in [5, 5.41) is 7.53. The molecule has 0 aliphatic heterocycles. The van der Waals surface area contributed by atoms with E-state index in [-0.39, 0.29) is 0 Å². The van der Waals surface area contributed by atoms with Gasteiger partial charge in [0.25, 0.3) is 0 Å². The van der Waals surface area contributed by atoms with Gasteiger partial charge in [0.1, 0.15) is 0 Å². The van der Waals surface area contributed by atoms with Gasteiger partial charge in [-0.3, -0.25) is 4.68 Å². The van der Waals surface area contributed by atoms with Crippen LogP contribution in [0.3, 0.4) is 0 Å². The highest BCUT2D eigenvalue weighted by Crippen LogP contribution is 2.15. The molecule has 3 heteroatoms. The molecule has 0 saturated heterocycles. The second kappa shape index (κ2) is 4.82. The molecule has 3 nitrogen and oxygen atoms in total. The van der Waals surface area contributed by atoms with Crippen LogP contribution in [0.4, 0.5) is 0 Å². The summed E-state index contributed by atoms with van der Waals surface area (Å²) in [6, 6.07) is 0.358. The number of nitrogens with zero attached hydrogens (tertiary/aromatic N) is 2. The summed E-state index contributed by atoms with van der Waals surface area (Å²) in [7, 11) is 1.93. The fourth-order valence-electron chi connectivity index (χ4n) is 1.37. The van der Waals surface area contributed by atoms with Crippen molar-refractivity contribution in [1.82, 2.24) is 15.1 Å². The van der Waals surface area contributed by atoms with Crippen molar-refractivity contribution in [3.63, 3.8) is 0 Å².